The fraction of sp³-hybridized carbons (Fsp3) is 0.455. The van der Waals surface area contributed by atoms with Crippen LogP contribution in [0.4, 0.5) is 0 Å². The number of rotatable bonds is 1. The molecule has 1 aromatic carbocycles. The lowest BCUT2D eigenvalue weighted by molar-refractivity contribution is 0.0456. The maximum absolute atomic E-state index is 8.84. The number of aliphatic hydroxyl groups excluding tert-OH is 1. The van der Waals surface area contributed by atoms with Crippen LogP contribution in [0.2, 0.25) is 5.02 Å². The van der Waals surface area contributed by atoms with Gasteiger partial charge in [-0.05, 0) is 12.1 Å². The first-order valence-electron chi connectivity index (χ1n) is 4.99. The van der Waals surface area contributed by atoms with Crippen molar-refractivity contribution in [1.29, 1.82) is 0 Å². The predicted molar refractivity (Wildman–Crippen MR) is 59.8 cm³/mol. The molecule has 0 amide bonds. The first-order valence-corrected chi connectivity index (χ1v) is 5.37. The lowest BCUT2D eigenvalue weighted by atomic mass is 10.3. The molecule has 0 spiro atoms. The molecule has 0 saturated carbocycles. The van der Waals surface area contributed by atoms with Gasteiger partial charge in [0.05, 0.1) is 6.61 Å². The van der Waals surface area contributed by atoms with E-state index in [1.165, 1.54) is 0 Å². The van der Waals surface area contributed by atoms with Gasteiger partial charge in [-0.1, -0.05) is 25.4 Å². The van der Waals surface area contributed by atoms with Gasteiger partial charge in [0.15, 0.2) is 17.6 Å². The minimum atomic E-state index is -0.270. The zero-order chi connectivity index (χ0) is 11.3. The highest BCUT2D eigenvalue weighted by atomic mass is 35.5. The second kappa shape index (κ2) is 5.83. The molecule has 2 rings (SSSR count). The van der Waals surface area contributed by atoms with Gasteiger partial charge < -0.3 is 14.6 Å². The molecule has 1 heterocycles. The van der Waals surface area contributed by atoms with Gasteiger partial charge in [0.2, 0.25) is 0 Å². The smallest absolute Gasteiger partial charge is 0.162 e. The van der Waals surface area contributed by atoms with Crippen molar-refractivity contribution in [2.45, 2.75) is 20.0 Å². The second-order valence-electron chi connectivity index (χ2n) is 2.82. The SMILES string of the molecule is CC.OC[C@H]1COc2cc(Cl)ccc2O1. The molecule has 1 aliphatic rings. The van der Waals surface area contributed by atoms with Gasteiger partial charge in [0.25, 0.3) is 0 Å². The lowest BCUT2D eigenvalue weighted by Gasteiger charge is -2.24. The van der Waals surface area contributed by atoms with Crippen molar-refractivity contribution >= 4 is 11.6 Å². The summed E-state index contributed by atoms with van der Waals surface area (Å²) in [6.07, 6.45) is -0.270. The molecule has 0 aliphatic carbocycles. The van der Waals surface area contributed by atoms with Gasteiger partial charge in [-0.15, -0.1) is 0 Å². The highest BCUT2D eigenvalue weighted by Gasteiger charge is 2.19. The summed E-state index contributed by atoms with van der Waals surface area (Å²) < 4.78 is 10.7. The van der Waals surface area contributed by atoms with Crippen LogP contribution < -0.4 is 9.47 Å². The monoisotopic (exact) mass is 230 g/mol. The lowest BCUT2D eigenvalue weighted by Crippen LogP contribution is -2.32. The number of halogens is 1. The van der Waals surface area contributed by atoms with Crippen LogP contribution in [0.5, 0.6) is 11.5 Å². The molecule has 1 aromatic rings. The summed E-state index contributed by atoms with van der Waals surface area (Å²) in [7, 11) is 0. The molecular weight excluding hydrogens is 216 g/mol. The maximum Gasteiger partial charge on any atom is 0.162 e. The minimum absolute atomic E-state index is 0.0396. The molecule has 3 nitrogen and oxygen atoms in total. The summed E-state index contributed by atoms with van der Waals surface area (Å²) in [6, 6.07) is 5.16. The number of aliphatic hydroxyl groups is 1. The summed E-state index contributed by atoms with van der Waals surface area (Å²) in [5.41, 5.74) is 0. The van der Waals surface area contributed by atoms with Crippen LogP contribution in [-0.4, -0.2) is 24.4 Å². The van der Waals surface area contributed by atoms with E-state index in [0.717, 1.165) is 0 Å². The van der Waals surface area contributed by atoms with Crippen LogP contribution in [0.15, 0.2) is 18.2 Å². The van der Waals surface area contributed by atoms with Gasteiger partial charge in [0.1, 0.15) is 6.61 Å². The highest BCUT2D eigenvalue weighted by molar-refractivity contribution is 6.30. The summed E-state index contributed by atoms with van der Waals surface area (Å²) in [6.45, 7) is 4.33. The Morgan fingerprint density at radius 2 is 2.13 bits per heavy atom. The standard InChI is InChI=1S/C9H9ClO3.C2H6/c10-6-1-2-8-9(3-6)12-5-7(4-11)13-8;1-2/h1-3,7,11H,4-5H2;1-2H3/t7-;/m0./s1. The quantitative estimate of drug-likeness (QED) is 0.806. The Morgan fingerprint density at radius 1 is 1.40 bits per heavy atom. The zero-order valence-corrected chi connectivity index (χ0v) is 9.62. The summed E-state index contributed by atoms with van der Waals surface area (Å²) in [5, 5.41) is 9.46. The van der Waals surface area contributed by atoms with Crippen molar-refractivity contribution in [3.63, 3.8) is 0 Å². The van der Waals surface area contributed by atoms with Gasteiger partial charge >= 0.3 is 0 Å². The normalized spacial score (nSPS) is 17.7. The van der Waals surface area contributed by atoms with Crippen LogP contribution in [0, 0.1) is 0 Å². The van der Waals surface area contributed by atoms with E-state index < -0.39 is 0 Å². The first kappa shape index (κ1) is 12.1. The first-order chi connectivity index (χ1) is 7.29. The Hall–Kier alpha value is -0.930. The van der Waals surface area contributed by atoms with Crippen molar-refractivity contribution in [3.05, 3.63) is 23.2 Å². The molecule has 0 saturated heterocycles. The van der Waals surface area contributed by atoms with Gasteiger partial charge in [-0.25, -0.2) is 0 Å². The summed E-state index contributed by atoms with van der Waals surface area (Å²) in [4.78, 5) is 0. The van der Waals surface area contributed by atoms with Gasteiger partial charge in [-0.2, -0.15) is 0 Å². The van der Waals surface area contributed by atoms with E-state index in [1.54, 1.807) is 18.2 Å². The fourth-order valence-electron chi connectivity index (χ4n) is 1.18. The number of ether oxygens (including phenoxy) is 2. The molecule has 0 fully saturated rings. The van der Waals surface area contributed by atoms with E-state index in [-0.39, 0.29) is 12.7 Å². The molecule has 0 bridgehead atoms. The van der Waals surface area contributed by atoms with Crippen molar-refractivity contribution in [2.75, 3.05) is 13.2 Å². The number of hydrogen-bond donors (Lipinski definition) is 1. The third-order valence-corrected chi connectivity index (χ3v) is 2.06. The third-order valence-electron chi connectivity index (χ3n) is 1.83. The van der Waals surface area contributed by atoms with Crippen molar-refractivity contribution in [2.24, 2.45) is 0 Å². The van der Waals surface area contributed by atoms with E-state index in [4.69, 9.17) is 26.2 Å². The average Bonchev–Trinajstić information content (AvgIpc) is 2.31. The average molecular weight is 231 g/mol. The zero-order valence-electron chi connectivity index (χ0n) is 8.87. The molecule has 1 N–H and O–H groups in total. The minimum Gasteiger partial charge on any atom is -0.486 e. The fourth-order valence-corrected chi connectivity index (χ4v) is 1.34. The van der Waals surface area contributed by atoms with Gasteiger partial charge in [-0.3, -0.25) is 0 Å². The Bertz CT molecular complexity index is 315. The van der Waals surface area contributed by atoms with Crippen molar-refractivity contribution in [3.8, 4) is 11.5 Å². The molecule has 0 aromatic heterocycles. The van der Waals surface area contributed by atoms with Crippen LogP contribution >= 0.6 is 11.6 Å². The molecule has 0 unspecified atom stereocenters. The van der Waals surface area contributed by atoms with Gasteiger partial charge in [0, 0.05) is 11.1 Å². The predicted octanol–water partition coefficient (Wildman–Crippen LogP) is 2.50. The van der Waals surface area contributed by atoms with E-state index in [0.29, 0.717) is 23.1 Å². The second-order valence-corrected chi connectivity index (χ2v) is 3.26. The Kier molecular flexibility index (Phi) is 4.72. The third kappa shape index (κ3) is 3.01. The molecule has 84 valence electrons. The summed E-state index contributed by atoms with van der Waals surface area (Å²) >= 11 is 5.76. The van der Waals surface area contributed by atoms with E-state index in [1.807, 2.05) is 13.8 Å². The van der Waals surface area contributed by atoms with Crippen LogP contribution in [0.3, 0.4) is 0 Å². The van der Waals surface area contributed by atoms with Crippen LogP contribution in [0.1, 0.15) is 13.8 Å². The number of fused-ring (bicyclic) bond motifs is 1. The Morgan fingerprint density at radius 3 is 2.80 bits per heavy atom. The molecule has 4 heteroatoms. The van der Waals surface area contributed by atoms with E-state index >= 15 is 0 Å². The topological polar surface area (TPSA) is 38.7 Å². The molecule has 15 heavy (non-hydrogen) atoms. The largest absolute Gasteiger partial charge is 0.486 e. The van der Waals surface area contributed by atoms with Crippen molar-refractivity contribution < 1.29 is 14.6 Å². The number of benzene rings is 1. The maximum atomic E-state index is 8.84. The molecule has 0 radical (unpaired) electrons. The number of hydrogen-bond acceptors (Lipinski definition) is 3. The Labute approximate surface area is 94.6 Å². The van der Waals surface area contributed by atoms with Crippen LogP contribution in [-0.2, 0) is 0 Å². The van der Waals surface area contributed by atoms with Crippen LogP contribution in [0.25, 0.3) is 0 Å². The van der Waals surface area contributed by atoms with Crippen molar-refractivity contribution in [1.82, 2.24) is 0 Å². The summed E-state index contributed by atoms with van der Waals surface area (Å²) in [5.74, 6) is 1.27. The highest BCUT2D eigenvalue weighted by Crippen LogP contribution is 2.33. The molecular formula is C11H15ClO3. The molecule has 1 aliphatic heterocycles. The van der Waals surface area contributed by atoms with E-state index in [9.17, 15) is 0 Å². The Balaban J connectivity index is 0.000000531. The van der Waals surface area contributed by atoms with E-state index in [2.05, 4.69) is 0 Å². The molecule has 1 atom stereocenters.